The standard InChI is InChI=1S/C30H27FN6O4/c1-18-12-23(19-6-4-3-5-7-19)26(35(18)2)27(38)28(39)34-21-8-9-25-24(13-21)29(40)41-17-22-16-36(10-11-37(22)25)30-32-14-20(31)15-33-30/h3-9,12-15,22H,10-11,16-17H2,1-2H3,(H,34,39)/t22-/m0/s1. The summed E-state index contributed by atoms with van der Waals surface area (Å²) < 4.78 is 20.6. The monoisotopic (exact) mass is 554 g/mol. The zero-order valence-corrected chi connectivity index (χ0v) is 22.5. The molecule has 4 heterocycles. The molecule has 2 aliphatic heterocycles. The van der Waals surface area contributed by atoms with Crippen LogP contribution in [-0.2, 0) is 16.6 Å². The van der Waals surface area contributed by atoms with E-state index in [-0.39, 0.29) is 18.3 Å². The third-order valence-corrected chi connectivity index (χ3v) is 7.54. The number of ether oxygens (including phenoxy) is 1. The van der Waals surface area contributed by atoms with Gasteiger partial charge in [0.25, 0.3) is 11.7 Å². The van der Waals surface area contributed by atoms with Gasteiger partial charge in [-0.15, -0.1) is 0 Å². The molecule has 0 radical (unpaired) electrons. The lowest BCUT2D eigenvalue weighted by Crippen LogP contribution is -2.55. The van der Waals surface area contributed by atoms with Crippen molar-refractivity contribution in [1.29, 1.82) is 0 Å². The smallest absolute Gasteiger partial charge is 0.340 e. The van der Waals surface area contributed by atoms with Crippen LogP contribution in [0.25, 0.3) is 11.1 Å². The predicted molar refractivity (Wildman–Crippen MR) is 151 cm³/mol. The number of fused-ring (bicyclic) bond motifs is 3. The van der Waals surface area contributed by atoms with Crippen LogP contribution in [-0.4, -0.2) is 64.5 Å². The fourth-order valence-electron chi connectivity index (χ4n) is 5.38. The molecule has 11 heteroatoms. The first-order valence-corrected chi connectivity index (χ1v) is 13.2. The molecule has 2 aromatic carbocycles. The average Bonchev–Trinajstić information content (AvgIpc) is 3.21. The highest BCUT2D eigenvalue weighted by molar-refractivity contribution is 6.47. The Morgan fingerprint density at radius 2 is 1.78 bits per heavy atom. The molecule has 0 spiro atoms. The lowest BCUT2D eigenvalue weighted by atomic mass is 10.0. The summed E-state index contributed by atoms with van der Waals surface area (Å²) in [6.07, 6.45) is 2.25. The first-order valence-electron chi connectivity index (χ1n) is 13.2. The lowest BCUT2D eigenvalue weighted by Gasteiger charge is -2.41. The second kappa shape index (κ2) is 10.5. The number of piperazine rings is 1. The number of carbonyl (C=O) groups excluding carboxylic acids is 3. The van der Waals surface area contributed by atoms with Crippen molar-refractivity contribution in [3.05, 3.63) is 89.8 Å². The Labute approximate surface area is 235 Å². The number of carbonyl (C=O) groups is 3. The highest BCUT2D eigenvalue weighted by atomic mass is 19.1. The van der Waals surface area contributed by atoms with E-state index in [4.69, 9.17) is 4.74 Å². The number of hydrogen-bond acceptors (Lipinski definition) is 8. The molecule has 0 bridgehead atoms. The molecule has 6 rings (SSSR count). The number of aryl methyl sites for hydroxylation is 1. The van der Waals surface area contributed by atoms with Gasteiger partial charge in [0.15, 0.2) is 5.82 Å². The molecule has 1 atom stereocenters. The van der Waals surface area contributed by atoms with E-state index in [0.717, 1.165) is 23.7 Å². The first-order chi connectivity index (χ1) is 19.8. The van der Waals surface area contributed by atoms with Crippen LogP contribution in [0, 0.1) is 12.7 Å². The maximum Gasteiger partial charge on any atom is 0.340 e. The quantitative estimate of drug-likeness (QED) is 0.226. The van der Waals surface area contributed by atoms with Gasteiger partial charge in [0.05, 0.1) is 29.7 Å². The number of ketones is 1. The fourth-order valence-corrected chi connectivity index (χ4v) is 5.38. The zero-order chi connectivity index (χ0) is 28.7. The van der Waals surface area contributed by atoms with E-state index in [9.17, 15) is 18.8 Å². The number of aromatic nitrogens is 3. The molecule has 1 fully saturated rings. The van der Waals surface area contributed by atoms with Crippen molar-refractivity contribution in [3.8, 4) is 11.1 Å². The van der Waals surface area contributed by atoms with Crippen molar-refractivity contribution in [3.63, 3.8) is 0 Å². The Kier molecular flexibility index (Phi) is 6.70. The number of hydrogen-bond donors (Lipinski definition) is 1. The molecule has 1 saturated heterocycles. The highest BCUT2D eigenvalue weighted by Crippen LogP contribution is 2.32. The molecular weight excluding hydrogens is 527 g/mol. The highest BCUT2D eigenvalue weighted by Gasteiger charge is 2.35. The van der Waals surface area contributed by atoms with Crippen molar-refractivity contribution < 1.29 is 23.5 Å². The largest absolute Gasteiger partial charge is 0.460 e. The molecule has 0 unspecified atom stereocenters. The number of rotatable bonds is 5. The van der Waals surface area contributed by atoms with Crippen LogP contribution in [0.4, 0.5) is 21.7 Å². The topological polar surface area (TPSA) is 110 Å². The number of cyclic esters (lactones) is 1. The lowest BCUT2D eigenvalue weighted by molar-refractivity contribution is -0.112. The van der Waals surface area contributed by atoms with E-state index < -0.39 is 23.5 Å². The van der Waals surface area contributed by atoms with Crippen molar-refractivity contribution >= 4 is 35.0 Å². The van der Waals surface area contributed by atoms with Gasteiger partial charge in [-0.05, 0) is 36.8 Å². The van der Waals surface area contributed by atoms with E-state index in [0.29, 0.717) is 48.1 Å². The maximum atomic E-state index is 13.4. The minimum absolute atomic E-state index is 0.139. The Hall–Kier alpha value is -5.06. The Balaban J connectivity index is 1.22. The summed E-state index contributed by atoms with van der Waals surface area (Å²) >= 11 is 0. The summed E-state index contributed by atoms with van der Waals surface area (Å²) in [6, 6.07) is 16.1. The van der Waals surface area contributed by atoms with Gasteiger partial charge in [0.1, 0.15) is 12.3 Å². The Morgan fingerprint density at radius 1 is 1.02 bits per heavy atom. The van der Waals surface area contributed by atoms with E-state index in [2.05, 4.69) is 20.2 Å². The molecule has 208 valence electrons. The summed E-state index contributed by atoms with van der Waals surface area (Å²) in [5.74, 6) is -2.11. The van der Waals surface area contributed by atoms with E-state index in [1.165, 1.54) is 6.07 Å². The van der Waals surface area contributed by atoms with Crippen LogP contribution in [0.15, 0.2) is 67.0 Å². The minimum atomic E-state index is -0.809. The number of esters is 1. The van der Waals surface area contributed by atoms with Crippen molar-refractivity contribution in [1.82, 2.24) is 14.5 Å². The van der Waals surface area contributed by atoms with Crippen LogP contribution in [0.1, 0.15) is 26.5 Å². The zero-order valence-electron chi connectivity index (χ0n) is 22.5. The first kappa shape index (κ1) is 26.2. The maximum absolute atomic E-state index is 13.4. The molecule has 0 saturated carbocycles. The molecule has 2 aliphatic rings. The molecule has 0 aliphatic carbocycles. The van der Waals surface area contributed by atoms with Crippen molar-refractivity contribution in [2.45, 2.75) is 13.0 Å². The SMILES string of the molecule is Cc1cc(-c2ccccc2)c(C(=O)C(=O)Nc2ccc3c(c2)C(=O)OC[C@@H]2CN(c4ncc(F)cn4)CCN32)n1C. The average molecular weight is 555 g/mol. The summed E-state index contributed by atoms with van der Waals surface area (Å²) in [5.41, 5.74) is 3.91. The molecule has 10 nitrogen and oxygen atoms in total. The second-order valence-electron chi connectivity index (χ2n) is 10.1. The summed E-state index contributed by atoms with van der Waals surface area (Å²) in [6.45, 7) is 3.60. The molecule has 1 N–H and O–H groups in total. The molecule has 1 amide bonds. The number of amides is 1. The van der Waals surface area contributed by atoms with Crippen LogP contribution in [0.5, 0.6) is 0 Å². The van der Waals surface area contributed by atoms with Crippen LogP contribution >= 0.6 is 0 Å². The van der Waals surface area contributed by atoms with Gasteiger partial charge in [-0.2, -0.15) is 0 Å². The molecular formula is C30H27FN6O4. The van der Waals surface area contributed by atoms with E-state index >= 15 is 0 Å². The second-order valence-corrected chi connectivity index (χ2v) is 10.1. The number of Topliss-reactive ketones (excluding diaryl/α,β-unsaturated/α-hetero) is 1. The van der Waals surface area contributed by atoms with Crippen LogP contribution in [0.2, 0.25) is 0 Å². The summed E-state index contributed by atoms with van der Waals surface area (Å²) in [4.78, 5) is 51.6. The van der Waals surface area contributed by atoms with Crippen molar-refractivity contribution in [2.24, 2.45) is 7.05 Å². The van der Waals surface area contributed by atoms with Crippen LogP contribution < -0.4 is 15.1 Å². The van der Waals surface area contributed by atoms with Crippen LogP contribution in [0.3, 0.4) is 0 Å². The fraction of sp³-hybridized carbons (Fsp3) is 0.233. The molecule has 4 aromatic rings. The minimum Gasteiger partial charge on any atom is -0.460 e. The number of nitrogens with one attached hydrogen (secondary N) is 1. The van der Waals surface area contributed by atoms with Gasteiger partial charge in [-0.1, -0.05) is 30.3 Å². The van der Waals surface area contributed by atoms with E-state index in [1.807, 2.05) is 48.2 Å². The van der Waals surface area contributed by atoms with Gasteiger partial charge in [0, 0.05) is 43.6 Å². The summed E-state index contributed by atoms with van der Waals surface area (Å²) in [7, 11) is 1.75. The third kappa shape index (κ3) is 4.90. The number of nitrogens with zero attached hydrogens (tertiary/aromatic N) is 5. The summed E-state index contributed by atoms with van der Waals surface area (Å²) in [5, 5.41) is 2.67. The Bertz CT molecular complexity index is 1650. The van der Waals surface area contributed by atoms with Gasteiger partial charge in [-0.25, -0.2) is 19.2 Å². The molecule has 2 aromatic heterocycles. The van der Waals surface area contributed by atoms with Gasteiger partial charge in [-0.3, -0.25) is 9.59 Å². The van der Waals surface area contributed by atoms with Gasteiger partial charge >= 0.3 is 5.97 Å². The van der Waals surface area contributed by atoms with E-state index in [1.54, 1.807) is 23.7 Å². The normalized spacial score (nSPS) is 16.4. The molecule has 41 heavy (non-hydrogen) atoms. The Morgan fingerprint density at radius 3 is 2.54 bits per heavy atom. The number of anilines is 3. The third-order valence-electron chi connectivity index (χ3n) is 7.54. The van der Waals surface area contributed by atoms with Crippen molar-refractivity contribution in [2.75, 3.05) is 41.4 Å². The van der Waals surface area contributed by atoms with Gasteiger partial charge in [0.2, 0.25) is 5.95 Å². The van der Waals surface area contributed by atoms with Gasteiger partial charge < -0.3 is 24.4 Å². The number of benzene rings is 2. The predicted octanol–water partition coefficient (Wildman–Crippen LogP) is 3.62. The number of halogens is 1.